The molecule has 30 heavy (non-hydrogen) atoms. The third-order valence-corrected chi connectivity index (χ3v) is 6.18. The highest BCUT2D eigenvalue weighted by molar-refractivity contribution is 7.98. The minimum absolute atomic E-state index is 0.0675. The zero-order valence-corrected chi connectivity index (χ0v) is 17.7. The summed E-state index contributed by atoms with van der Waals surface area (Å²) in [4.78, 5) is 31.0. The standard InChI is InChI=1S/C22H20ClN3O3S/c23-17-7-9-18(10-8-17)26-20(28)13-19(27)24-22(26)30-14-15-3-5-16(6-4-15)21(29)25-11-1-2-12-25/h3-10,13,27H,1-2,11-12,14H2. The summed E-state index contributed by atoms with van der Waals surface area (Å²) in [5, 5.41) is 10.7. The number of aromatic nitrogens is 2. The van der Waals surface area contributed by atoms with Gasteiger partial charge in [0.15, 0.2) is 5.16 Å². The highest BCUT2D eigenvalue weighted by Crippen LogP contribution is 2.25. The second kappa shape index (κ2) is 8.93. The fourth-order valence-electron chi connectivity index (χ4n) is 3.37. The molecule has 2 aromatic carbocycles. The van der Waals surface area contributed by atoms with Crippen molar-refractivity contribution in [3.8, 4) is 11.6 Å². The highest BCUT2D eigenvalue weighted by Gasteiger charge is 2.19. The number of aromatic hydroxyl groups is 1. The molecule has 1 aromatic heterocycles. The fourth-order valence-corrected chi connectivity index (χ4v) is 4.47. The largest absolute Gasteiger partial charge is 0.493 e. The van der Waals surface area contributed by atoms with E-state index >= 15 is 0 Å². The van der Waals surface area contributed by atoms with Gasteiger partial charge in [0.2, 0.25) is 5.88 Å². The normalized spacial score (nSPS) is 13.6. The maximum Gasteiger partial charge on any atom is 0.262 e. The van der Waals surface area contributed by atoms with Gasteiger partial charge in [-0.2, -0.15) is 4.98 Å². The van der Waals surface area contributed by atoms with Gasteiger partial charge in [0, 0.05) is 29.4 Å². The molecule has 1 aliphatic heterocycles. The van der Waals surface area contributed by atoms with Crippen LogP contribution < -0.4 is 5.56 Å². The number of hydrogen-bond acceptors (Lipinski definition) is 5. The molecule has 0 unspecified atom stereocenters. The van der Waals surface area contributed by atoms with Crippen LogP contribution in [0, 0.1) is 0 Å². The second-order valence-electron chi connectivity index (χ2n) is 7.03. The minimum atomic E-state index is -0.376. The van der Waals surface area contributed by atoms with E-state index < -0.39 is 0 Å². The third kappa shape index (κ3) is 4.52. The van der Waals surface area contributed by atoms with Gasteiger partial charge in [0.05, 0.1) is 11.8 Å². The first-order chi connectivity index (χ1) is 14.5. The number of amides is 1. The van der Waals surface area contributed by atoms with Gasteiger partial charge in [-0.25, -0.2) is 0 Å². The first-order valence-corrected chi connectivity index (χ1v) is 11.0. The lowest BCUT2D eigenvalue weighted by molar-refractivity contribution is 0.0793. The molecular formula is C22H20ClN3O3S. The molecule has 1 aliphatic rings. The Hall–Kier alpha value is -2.77. The SMILES string of the molecule is O=C(c1ccc(CSc2nc(O)cc(=O)n2-c2ccc(Cl)cc2)cc1)N1CCCC1. The maximum absolute atomic E-state index is 12.5. The zero-order chi connectivity index (χ0) is 21.1. The molecule has 0 bridgehead atoms. The molecule has 154 valence electrons. The summed E-state index contributed by atoms with van der Waals surface area (Å²) >= 11 is 7.28. The molecule has 3 aromatic rings. The number of thioether (sulfide) groups is 1. The average molecular weight is 442 g/mol. The molecule has 0 radical (unpaired) electrons. The Morgan fingerprint density at radius 2 is 1.73 bits per heavy atom. The Bertz CT molecular complexity index is 1110. The Balaban J connectivity index is 1.53. The van der Waals surface area contributed by atoms with Crippen LogP contribution in [0.2, 0.25) is 5.02 Å². The van der Waals surface area contributed by atoms with Gasteiger partial charge in [-0.15, -0.1) is 0 Å². The lowest BCUT2D eigenvalue weighted by atomic mass is 10.1. The van der Waals surface area contributed by atoms with Crippen molar-refractivity contribution in [3.05, 3.63) is 81.1 Å². The monoisotopic (exact) mass is 441 g/mol. The summed E-state index contributed by atoms with van der Waals surface area (Å²) in [6, 6.07) is 15.4. The number of likely N-dealkylation sites (tertiary alicyclic amines) is 1. The van der Waals surface area contributed by atoms with E-state index in [0.717, 1.165) is 37.6 Å². The molecule has 4 rings (SSSR count). The lowest BCUT2D eigenvalue weighted by Gasteiger charge is -2.15. The molecule has 1 N–H and O–H groups in total. The number of halogens is 1. The first kappa shape index (κ1) is 20.5. The van der Waals surface area contributed by atoms with E-state index in [9.17, 15) is 14.7 Å². The third-order valence-electron chi connectivity index (χ3n) is 4.92. The molecule has 8 heteroatoms. The number of benzene rings is 2. The molecule has 1 fully saturated rings. The summed E-state index contributed by atoms with van der Waals surface area (Å²) in [7, 11) is 0. The summed E-state index contributed by atoms with van der Waals surface area (Å²) < 4.78 is 1.44. The van der Waals surface area contributed by atoms with E-state index in [1.54, 1.807) is 24.3 Å². The number of nitrogens with zero attached hydrogens (tertiary/aromatic N) is 3. The van der Waals surface area contributed by atoms with Crippen LogP contribution in [0.4, 0.5) is 0 Å². The first-order valence-electron chi connectivity index (χ1n) is 9.61. The molecule has 0 atom stereocenters. The molecule has 1 amide bonds. The fraction of sp³-hybridized carbons (Fsp3) is 0.227. The smallest absolute Gasteiger partial charge is 0.262 e. The topological polar surface area (TPSA) is 75.4 Å². The van der Waals surface area contributed by atoms with Crippen LogP contribution >= 0.6 is 23.4 Å². The van der Waals surface area contributed by atoms with Gasteiger partial charge in [0.1, 0.15) is 0 Å². The second-order valence-corrected chi connectivity index (χ2v) is 8.41. The Kier molecular flexibility index (Phi) is 6.11. The minimum Gasteiger partial charge on any atom is -0.493 e. The number of rotatable bonds is 5. The Labute approximate surface area is 183 Å². The van der Waals surface area contributed by atoms with Crippen LogP contribution in [0.3, 0.4) is 0 Å². The predicted molar refractivity (Wildman–Crippen MR) is 118 cm³/mol. The number of hydrogen-bond donors (Lipinski definition) is 1. The number of carbonyl (C=O) groups excluding carboxylic acids is 1. The summed E-state index contributed by atoms with van der Waals surface area (Å²) in [5.41, 5.74) is 1.90. The van der Waals surface area contributed by atoms with Crippen LogP contribution in [-0.2, 0) is 5.75 Å². The van der Waals surface area contributed by atoms with Gasteiger partial charge in [0.25, 0.3) is 11.5 Å². The molecular weight excluding hydrogens is 422 g/mol. The zero-order valence-electron chi connectivity index (χ0n) is 16.1. The van der Waals surface area contributed by atoms with E-state index in [0.29, 0.717) is 27.2 Å². The van der Waals surface area contributed by atoms with Gasteiger partial charge in [-0.3, -0.25) is 14.2 Å². The van der Waals surface area contributed by atoms with E-state index in [1.807, 2.05) is 29.2 Å². The van der Waals surface area contributed by atoms with Gasteiger partial charge < -0.3 is 10.0 Å². The molecule has 0 aliphatic carbocycles. The molecule has 0 saturated carbocycles. The molecule has 6 nitrogen and oxygen atoms in total. The van der Waals surface area contributed by atoms with E-state index in [2.05, 4.69) is 4.98 Å². The summed E-state index contributed by atoms with van der Waals surface area (Å²) in [6.07, 6.45) is 2.12. The summed E-state index contributed by atoms with van der Waals surface area (Å²) in [6.45, 7) is 1.64. The Morgan fingerprint density at radius 1 is 1.07 bits per heavy atom. The van der Waals surface area contributed by atoms with Crippen LogP contribution in [0.25, 0.3) is 5.69 Å². The van der Waals surface area contributed by atoms with Crippen LogP contribution in [0.15, 0.2) is 64.5 Å². The van der Waals surface area contributed by atoms with Crippen molar-refractivity contribution in [1.82, 2.24) is 14.5 Å². The van der Waals surface area contributed by atoms with Crippen molar-refractivity contribution in [2.45, 2.75) is 23.8 Å². The van der Waals surface area contributed by atoms with Crippen molar-refractivity contribution >= 4 is 29.3 Å². The summed E-state index contributed by atoms with van der Waals surface area (Å²) in [5.74, 6) is 0.277. The van der Waals surface area contributed by atoms with Crippen LogP contribution in [0.5, 0.6) is 5.88 Å². The molecule has 1 saturated heterocycles. The Morgan fingerprint density at radius 3 is 2.40 bits per heavy atom. The van der Waals surface area contributed by atoms with E-state index in [-0.39, 0.29) is 17.3 Å². The molecule has 0 spiro atoms. The molecule has 2 heterocycles. The van der Waals surface area contributed by atoms with Crippen molar-refractivity contribution in [3.63, 3.8) is 0 Å². The van der Waals surface area contributed by atoms with E-state index in [4.69, 9.17) is 11.6 Å². The predicted octanol–water partition coefficient (Wildman–Crippen LogP) is 4.12. The van der Waals surface area contributed by atoms with Gasteiger partial charge in [-0.1, -0.05) is 35.5 Å². The lowest BCUT2D eigenvalue weighted by Crippen LogP contribution is -2.27. The highest BCUT2D eigenvalue weighted by atomic mass is 35.5. The quantitative estimate of drug-likeness (QED) is 0.476. The van der Waals surface area contributed by atoms with Gasteiger partial charge >= 0.3 is 0 Å². The van der Waals surface area contributed by atoms with Crippen molar-refractivity contribution in [1.29, 1.82) is 0 Å². The number of carbonyl (C=O) groups is 1. The van der Waals surface area contributed by atoms with E-state index in [1.165, 1.54) is 16.3 Å². The van der Waals surface area contributed by atoms with Crippen molar-refractivity contribution < 1.29 is 9.90 Å². The van der Waals surface area contributed by atoms with Crippen LogP contribution in [-0.4, -0.2) is 38.6 Å². The van der Waals surface area contributed by atoms with Crippen molar-refractivity contribution in [2.24, 2.45) is 0 Å². The maximum atomic E-state index is 12.5. The van der Waals surface area contributed by atoms with Gasteiger partial charge in [-0.05, 0) is 54.8 Å². The van der Waals surface area contributed by atoms with Crippen LogP contribution in [0.1, 0.15) is 28.8 Å². The van der Waals surface area contributed by atoms with Crippen molar-refractivity contribution in [2.75, 3.05) is 13.1 Å². The average Bonchev–Trinajstić information content (AvgIpc) is 3.28.